The average molecular weight is 217 g/mol. The summed E-state index contributed by atoms with van der Waals surface area (Å²) >= 11 is 0. The van der Waals surface area contributed by atoms with Gasteiger partial charge in [0.2, 0.25) is 0 Å². The molecule has 0 bridgehead atoms. The van der Waals surface area contributed by atoms with Crippen LogP contribution in [0.5, 0.6) is 5.75 Å². The van der Waals surface area contributed by atoms with Gasteiger partial charge in [0, 0.05) is 0 Å². The van der Waals surface area contributed by atoms with Gasteiger partial charge in [-0.3, -0.25) is 0 Å². The minimum Gasteiger partial charge on any atom is -0.491 e. The van der Waals surface area contributed by atoms with E-state index in [-0.39, 0.29) is 11.7 Å². The first kappa shape index (κ1) is 11.9. The Balaban J connectivity index is 2.99. The monoisotopic (exact) mass is 217 g/mol. The Morgan fingerprint density at radius 2 is 1.80 bits per heavy atom. The van der Waals surface area contributed by atoms with Gasteiger partial charge in [-0.2, -0.15) is 0 Å². The molecule has 1 aromatic rings. The summed E-state index contributed by atoms with van der Waals surface area (Å²) in [5.41, 5.74) is -0.341. The summed E-state index contributed by atoms with van der Waals surface area (Å²) in [6, 6.07) is 3.86. The van der Waals surface area contributed by atoms with Crippen molar-refractivity contribution in [2.75, 3.05) is 0 Å². The largest absolute Gasteiger partial charge is 0.509 e. The third-order valence-corrected chi connectivity index (χ3v) is 1.97. The van der Waals surface area contributed by atoms with Crippen molar-refractivity contribution in [2.24, 2.45) is 0 Å². The number of aryl methyl sites for hydroxylation is 1. The SMILES string of the molecule is Cc1cc(OC(C)C)ccc1[B-](F)(F)F. The summed E-state index contributed by atoms with van der Waals surface area (Å²) < 4.78 is 42.7. The Morgan fingerprint density at radius 3 is 2.20 bits per heavy atom. The predicted octanol–water partition coefficient (Wildman–Crippen LogP) is 2.84. The smallest absolute Gasteiger partial charge is 0.491 e. The van der Waals surface area contributed by atoms with Gasteiger partial charge in [-0.25, -0.2) is 0 Å². The maximum Gasteiger partial charge on any atom is 0.509 e. The van der Waals surface area contributed by atoms with Crippen LogP contribution in [-0.4, -0.2) is 13.1 Å². The molecular formula is C10H13BF3O-. The summed E-state index contributed by atoms with van der Waals surface area (Å²) in [4.78, 5) is 0. The Labute approximate surface area is 87.3 Å². The Kier molecular flexibility index (Phi) is 3.32. The Bertz CT molecular complexity index is 347. The third kappa shape index (κ3) is 3.18. The van der Waals surface area contributed by atoms with Crippen molar-refractivity contribution < 1.29 is 17.7 Å². The molecule has 0 aromatic heterocycles. The fourth-order valence-corrected chi connectivity index (χ4v) is 1.36. The van der Waals surface area contributed by atoms with Gasteiger partial charge < -0.3 is 17.7 Å². The molecule has 1 aromatic carbocycles. The second kappa shape index (κ2) is 4.17. The van der Waals surface area contributed by atoms with Crippen molar-refractivity contribution in [3.05, 3.63) is 23.8 Å². The van der Waals surface area contributed by atoms with E-state index in [0.29, 0.717) is 5.75 Å². The minimum absolute atomic E-state index is 0.0355. The molecule has 0 radical (unpaired) electrons. The van der Waals surface area contributed by atoms with Gasteiger partial charge in [0.05, 0.1) is 6.10 Å². The van der Waals surface area contributed by atoms with Crippen LogP contribution in [-0.2, 0) is 0 Å². The van der Waals surface area contributed by atoms with Crippen LogP contribution >= 0.6 is 0 Å². The topological polar surface area (TPSA) is 9.23 Å². The molecule has 15 heavy (non-hydrogen) atoms. The van der Waals surface area contributed by atoms with E-state index in [4.69, 9.17) is 4.74 Å². The highest BCUT2D eigenvalue weighted by atomic mass is 19.4. The third-order valence-electron chi connectivity index (χ3n) is 1.97. The number of rotatable bonds is 3. The van der Waals surface area contributed by atoms with Gasteiger partial charge in [0.15, 0.2) is 0 Å². The van der Waals surface area contributed by atoms with Gasteiger partial charge in [-0.05, 0) is 32.9 Å². The molecule has 0 amide bonds. The summed E-state index contributed by atoms with van der Waals surface area (Å²) in [6.45, 7) is 0.179. The van der Waals surface area contributed by atoms with E-state index in [0.717, 1.165) is 6.07 Å². The van der Waals surface area contributed by atoms with E-state index in [9.17, 15) is 12.9 Å². The average Bonchev–Trinajstić information content (AvgIpc) is 1.99. The zero-order valence-corrected chi connectivity index (χ0v) is 8.93. The van der Waals surface area contributed by atoms with Crippen LogP contribution in [0, 0.1) is 6.92 Å². The van der Waals surface area contributed by atoms with E-state index in [2.05, 4.69) is 0 Å². The summed E-state index contributed by atoms with van der Waals surface area (Å²) in [7, 11) is 0. The molecule has 0 N–H and O–H groups in total. The van der Waals surface area contributed by atoms with Crippen molar-refractivity contribution >= 4 is 12.4 Å². The van der Waals surface area contributed by atoms with E-state index in [1.165, 1.54) is 19.1 Å². The van der Waals surface area contributed by atoms with Crippen LogP contribution in [0.1, 0.15) is 19.4 Å². The fourth-order valence-electron chi connectivity index (χ4n) is 1.36. The van der Waals surface area contributed by atoms with E-state index in [1.54, 1.807) is 0 Å². The molecule has 84 valence electrons. The zero-order chi connectivity index (χ0) is 11.6. The molecule has 0 unspecified atom stereocenters. The molecule has 0 aliphatic carbocycles. The minimum atomic E-state index is -4.92. The highest BCUT2D eigenvalue weighted by molar-refractivity contribution is 6.74. The highest BCUT2D eigenvalue weighted by Gasteiger charge is 2.27. The fraction of sp³-hybridized carbons (Fsp3) is 0.400. The van der Waals surface area contributed by atoms with Gasteiger partial charge in [-0.1, -0.05) is 11.6 Å². The maximum absolute atomic E-state index is 12.5. The van der Waals surface area contributed by atoms with Crippen molar-refractivity contribution in [2.45, 2.75) is 26.9 Å². The Morgan fingerprint density at radius 1 is 1.20 bits per heavy atom. The lowest BCUT2D eigenvalue weighted by molar-refractivity contribution is 0.242. The normalized spacial score (nSPS) is 11.9. The molecule has 0 heterocycles. The lowest BCUT2D eigenvalue weighted by atomic mass is 9.77. The van der Waals surface area contributed by atoms with Gasteiger partial charge in [0.25, 0.3) is 0 Å². The van der Waals surface area contributed by atoms with Crippen molar-refractivity contribution in [1.29, 1.82) is 0 Å². The quantitative estimate of drug-likeness (QED) is 0.707. The standard InChI is InChI=1S/C10H13BF3O/c1-7(2)15-9-4-5-10(8(3)6-9)11(12,13)14/h4-7H,1-3H3/q-1. The van der Waals surface area contributed by atoms with Crippen LogP contribution in [0.15, 0.2) is 18.2 Å². The van der Waals surface area contributed by atoms with Crippen LogP contribution in [0.25, 0.3) is 0 Å². The predicted molar refractivity (Wildman–Crippen MR) is 55.7 cm³/mol. The first-order valence-electron chi connectivity index (χ1n) is 4.78. The molecule has 0 saturated carbocycles. The number of hydrogen-bond donors (Lipinski definition) is 0. The summed E-state index contributed by atoms with van der Waals surface area (Å²) in [5.74, 6) is 0.478. The molecule has 0 aliphatic rings. The van der Waals surface area contributed by atoms with Crippen LogP contribution < -0.4 is 10.2 Å². The van der Waals surface area contributed by atoms with E-state index < -0.39 is 12.4 Å². The second-order valence-corrected chi connectivity index (χ2v) is 3.76. The molecular weight excluding hydrogens is 204 g/mol. The lowest BCUT2D eigenvalue weighted by Crippen LogP contribution is -2.35. The van der Waals surface area contributed by atoms with Crippen molar-refractivity contribution in [1.82, 2.24) is 0 Å². The molecule has 1 nitrogen and oxygen atoms in total. The van der Waals surface area contributed by atoms with Gasteiger partial charge in [0.1, 0.15) is 5.75 Å². The van der Waals surface area contributed by atoms with Crippen LogP contribution in [0.3, 0.4) is 0 Å². The molecule has 1 rings (SSSR count). The van der Waals surface area contributed by atoms with Crippen molar-refractivity contribution in [3.8, 4) is 5.75 Å². The first-order valence-corrected chi connectivity index (χ1v) is 4.78. The Hall–Kier alpha value is -1.13. The molecule has 5 heteroatoms. The molecule has 0 saturated heterocycles. The number of benzene rings is 1. The second-order valence-electron chi connectivity index (χ2n) is 3.76. The highest BCUT2D eigenvalue weighted by Crippen LogP contribution is 2.18. The van der Waals surface area contributed by atoms with Crippen LogP contribution in [0.2, 0.25) is 0 Å². The van der Waals surface area contributed by atoms with Gasteiger partial charge in [-0.15, -0.1) is 5.46 Å². The molecule has 0 aliphatic heterocycles. The molecule has 0 atom stereocenters. The van der Waals surface area contributed by atoms with E-state index >= 15 is 0 Å². The summed E-state index contributed by atoms with van der Waals surface area (Å²) in [5, 5.41) is 0. The lowest BCUT2D eigenvalue weighted by Gasteiger charge is -2.19. The van der Waals surface area contributed by atoms with Crippen LogP contribution in [0.4, 0.5) is 12.9 Å². The van der Waals surface area contributed by atoms with Crippen molar-refractivity contribution in [3.63, 3.8) is 0 Å². The van der Waals surface area contributed by atoms with Gasteiger partial charge >= 0.3 is 6.98 Å². The maximum atomic E-state index is 12.5. The molecule has 0 spiro atoms. The molecule has 0 fully saturated rings. The number of halogens is 3. The van der Waals surface area contributed by atoms with E-state index in [1.807, 2.05) is 13.8 Å². The first-order chi connectivity index (χ1) is 6.80. The summed E-state index contributed by atoms with van der Waals surface area (Å²) in [6.07, 6.45) is -0.0355. The number of hydrogen-bond acceptors (Lipinski definition) is 1. The zero-order valence-electron chi connectivity index (χ0n) is 8.93. The number of ether oxygens (including phenoxy) is 1.